The van der Waals surface area contributed by atoms with Gasteiger partial charge in [-0.15, -0.1) is 0 Å². The molecular weight excluding hydrogens is 380 g/mol. The van der Waals surface area contributed by atoms with Gasteiger partial charge in [0, 0.05) is 22.0 Å². The number of pyridine rings is 1. The summed E-state index contributed by atoms with van der Waals surface area (Å²) >= 11 is 3.40. The topological polar surface area (TPSA) is 77.8 Å². The Labute approximate surface area is 153 Å². The molecule has 5 nitrogen and oxygen atoms in total. The number of anilines is 3. The van der Waals surface area contributed by atoms with Gasteiger partial charge in [-0.2, -0.15) is 5.26 Å². The van der Waals surface area contributed by atoms with Crippen LogP contribution in [0.2, 0.25) is 0 Å². The van der Waals surface area contributed by atoms with Gasteiger partial charge in [0.05, 0.1) is 17.3 Å². The zero-order chi connectivity index (χ0) is 17.6. The molecule has 122 valence electrons. The summed E-state index contributed by atoms with van der Waals surface area (Å²) in [5.41, 5.74) is 3.13. The molecule has 0 bridgehead atoms. The third kappa shape index (κ3) is 4.22. The maximum atomic E-state index is 12.4. The number of rotatable bonds is 4. The molecular formula is C19H13BrN4O. The lowest BCUT2D eigenvalue weighted by Crippen LogP contribution is -2.14. The molecule has 25 heavy (non-hydrogen) atoms. The van der Waals surface area contributed by atoms with Gasteiger partial charge in [-0.3, -0.25) is 9.78 Å². The molecule has 0 aliphatic heterocycles. The monoisotopic (exact) mass is 392 g/mol. The van der Waals surface area contributed by atoms with Gasteiger partial charge in [-0.1, -0.05) is 12.1 Å². The fourth-order valence-electron chi connectivity index (χ4n) is 2.18. The van der Waals surface area contributed by atoms with E-state index in [-0.39, 0.29) is 5.91 Å². The Bertz CT molecular complexity index is 948. The van der Waals surface area contributed by atoms with Crippen molar-refractivity contribution in [1.82, 2.24) is 4.98 Å². The quantitative estimate of drug-likeness (QED) is 0.673. The number of hydrogen-bond acceptors (Lipinski definition) is 4. The van der Waals surface area contributed by atoms with Crippen molar-refractivity contribution in [3.63, 3.8) is 0 Å². The first kappa shape index (κ1) is 16.7. The van der Waals surface area contributed by atoms with E-state index in [0.717, 1.165) is 15.8 Å². The summed E-state index contributed by atoms with van der Waals surface area (Å²) in [6.45, 7) is 0. The van der Waals surface area contributed by atoms with Crippen LogP contribution in [0.3, 0.4) is 0 Å². The summed E-state index contributed by atoms with van der Waals surface area (Å²) in [5, 5.41) is 14.8. The number of nitrogens with zero attached hydrogens (tertiary/aromatic N) is 2. The molecule has 0 spiro atoms. The van der Waals surface area contributed by atoms with Gasteiger partial charge in [0.25, 0.3) is 5.91 Å². The van der Waals surface area contributed by atoms with Crippen molar-refractivity contribution in [1.29, 1.82) is 5.26 Å². The Morgan fingerprint density at radius 2 is 1.80 bits per heavy atom. The number of para-hydroxylation sites is 1. The van der Waals surface area contributed by atoms with Crippen molar-refractivity contribution < 1.29 is 4.79 Å². The molecule has 3 rings (SSSR count). The maximum absolute atomic E-state index is 12.4. The van der Waals surface area contributed by atoms with Gasteiger partial charge < -0.3 is 10.6 Å². The van der Waals surface area contributed by atoms with Crippen molar-refractivity contribution in [3.05, 3.63) is 82.6 Å². The third-order valence-corrected chi connectivity index (χ3v) is 4.11. The van der Waals surface area contributed by atoms with Gasteiger partial charge in [-0.05, 0) is 64.5 Å². The fraction of sp³-hybridized carbons (Fsp3) is 0. The highest BCUT2D eigenvalue weighted by Gasteiger charge is 2.10. The molecule has 0 aliphatic carbocycles. The van der Waals surface area contributed by atoms with E-state index in [2.05, 4.69) is 37.6 Å². The highest BCUT2D eigenvalue weighted by atomic mass is 79.9. The number of aromatic nitrogens is 1. The Morgan fingerprint density at radius 1 is 1.04 bits per heavy atom. The molecule has 0 atom stereocenters. The van der Waals surface area contributed by atoms with Crippen LogP contribution in [-0.2, 0) is 0 Å². The number of carbonyl (C=O) groups excluding carboxylic acids is 1. The predicted octanol–water partition coefficient (Wildman–Crippen LogP) is 4.71. The number of hydrogen-bond donors (Lipinski definition) is 2. The first-order chi connectivity index (χ1) is 12.2. The number of nitriles is 1. The van der Waals surface area contributed by atoms with E-state index in [9.17, 15) is 4.79 Å². The zero-order valence-corrected chi connectivity index (χ0v) is 14.6. The molecule has 1 heterocycles. The molecule has 6 heteroatoms. The molecule has 3 aromatic rings. The fourth-order valence-corrected chi connectivity index (χ4v) is 2.56. The average molecular weight is 393 g/mol. The van der Waals surface area contributed by atoms with Crippen LogP contribution in [0.1, 0.15) is 16.1 Å². The van der Waals surface area contributed by atoms with E-state index >= 15 is 0 Å². The molecule has 0 saturated carbocycles. The number of amides is 1. The molecule has 2 N–H and O–H groups in total. The van der Waals surface area contributed by atoms with Crippen LogP contribution in [0.4, 0.5) is 17.1 Å². The highest BCUT2D eigenvalue weighted by molar-refractivity contribution is 9.10. The second kappa shape index (κ2) is 7.60. The van der Waals surface area contributed by atoms with Crippen LogP contribution in [0, 0.1) is 11.3 Å². The summed E-state index contributed by atoms with van der Waals surface area (Å²) in [5.74, 6) is -0.296. The van der Waals surface area contributed by atoms with Gasteiger partial charge in [0.15, 0.2) is 0 Å². The molecule has 1 amide bonds. The van der Waals surface area contributed by atoms with Gasteiger partial charge in [0.2, 0.25) is 0 Å². The molecule has 0 unspecified atom stereocenters. The van der Waals surface area contributed by atoms with Crippen LogP contribution in [-0.4, -0.2) is 10.9 Å². The van der Waals surface area contributed by atoms with E-state index in [0.29, 0.717) is 16.9 Å². The summed E-state index contributed by atoms with van der Waals surface area (Å²) in [6.07, 6.45) is 1.57. The average Bonchev–Trinajstić information content (AvgIpc) is 2.64. The Morgan fingerprint density at radius 3 is 2.52 bits per heavy atom. The van der Waals surface area contributed by atoms with Gasteiger partial charge in [-0.25, -0.2) is 0 Å². The lowest BCUT2D eigenvalue weighted by molar-refractivity contribution is 0.102. The van der Waals surface area contributed by atoms with Crippen LogP contribution in [0.5, 0.6) is 0 Å². The van der Waals surface area contributed by atoms with Crippen molar-refractivity contribution >= 4 is 38.9 Å². The summed E-state index contributed by atoms with van der Waals surface area (Å²) in [6, 6.07) is 20.0. The maximum Gasteiger partial charge on any atom is 0.274 e. The van der Waals surface area contributed by atoms with E-state index in [4.69, 9.17) is 5.26 Å². The minimum Gasteiger partial charge on any atom is -0.355 e. The lowest BCUT2D eigenvalue weighted by atomic mass is 10.2. The minimum atomic E-state index is -0.296. The first-order valence-electron chi connectivity index (χ1n) is 7.45. The summed E-state index contributed by atoms with van der Waals surface area (Å²) in [4.78, 5) is 16.5. The normalized spacial score (nSPS) is 9.92. The van der Waals surface area contributed by atoms with Gasteiger partial charge in [0.1, 0.15) is 5.69 Å². The summed E-state index contributed by atoms with van der Waals surface area (Å²) in [7, 11) is 0. The first-order valence-corrected chi connectivity index (χ1v) is 8.24. The van der Waals surface area contributed by atoms with E-state index in [1.165, 1.54) is 0 Å². The largest absolute Gasteiger partial charge is 0.355 e. The minimum absolute atomic E-state index is 0.296. The summed E-state index contributed by atoms with van der Waals surface area (Å²) < 4.78 is 0.801. The van der Waals surface area contributed by atoms with Crippen LogP contribution in [0.15, 0.2) is 71.3 Å². The van der Waals surface area contributed by atoms with Crippen molar-refractivity contribution in [2.24, 2.45) is 0 Å². The van der Waals surface area contributed by atoms with Crippen molar-refractivity contribution in [2.45, 2.75) is 0 Å². The number of halogens is 1. The van der Waals surface area contributed by atoms with Gasteiger partial charge >= 0.3 is 0 Å². The molecule has 0 radical (unpaired) electrons. The SMILES string of the molecule is N#Cc1ccc(Nc2ccnc(C(=O)Nc3ccccc3Br)c2)cc1. The van der Waals surface area contributed by atoms with Crippen molar-refractivity contribution in [2.75, 3.05) is 10.6 Å². The van der Waals surface area contributed by atoms with E-state index in [1.54, 1.807) is 48.7 Å². The highest BCUT2D eigenvalue weighted by Crippen LogP contribution is 2.22. The smallest absolute Gasteiger partial charge is 0.274 e. The third-order valence-electron chi connectivity index (χ3n) is 3.42. The Balaban J connectivity index is 1.75. The Hall–Kier alpha value is -3.17. The Kier molecular flexibility index (Phi) is 5.07. The molecule has 0 saturated heterocycles. The molecule has 0 aliphatic rings. The van der Waals surface area contributed by atoms with Crippen LogP contribution < -0.4 is 10.6 Å². The number of carbonyl (C=O) groups is 1. The zero-order valence-electron chi connectivity index (χ0n) is 13.0. The van der Waals surface area contributed by atoms with Crippen LogP contribution >= 0.6 is 15.9 Å². The predicted molar refractivity (Wildman–Crippen MR) is 101 cm³/mol. The second-order valence-corrected chi connectivity index (χ2v) is 6.03. The molecule has 2 aromatic carbocycles. The second-order valence-electron chi connectivity index (χ2n) is 5.18. The van der Waals surface area contributed by atoms with Crippen LogP contribution in [0.25, 0.3) is 0 Å². The molecule has 0 fully saturated rings. The standard InChI is InChI=1S/C19H13BrN4O/c20-16-3-1-2-4-17(16)24-19(25)18-11-15(9-10-22-18)23-14-7-5-13(12-21)6-8-14/h1-11H,(H,22,23)(H,24,25). The molecule has 1 aromatic heterocycles. The van der Waals surface area contributed by atoms with Crippen molar-refractivity contribution in [3.8, 4) is 6.07 Å². The van der Waals surface area contributed by atoms with E-state index < -0.39 is 0 Å². The lowest BCUT2D eigenvalue weighted by Gasteiger charge is -2.09. The number of benzene rings is 2. The number of nitrogens with one attached hydrogen (secondary N) is 2. The van der Waals surface area contributed by atoms with E-state index in [1.807, 2.05) is 18.2 Å².